The van der Waals surface area contributed by atoms with E-state index in [1.807, 2.05) is 30.3 Å². The highest BCUT2D eigenvalue weighted by molar-refractivity contribution is 6.30. The highest BCUT2D eigenvalue weighted by atomic mass is 35.5. The Hall–Kier alpha value is -2.00. The van der Waals surface area contributed by atoms with Crippen LogP contribution in [-0.2, 0) is 0 Å². The lowest BCUT2D eigenvalue weighted by Gasteiger charge is -2.28. The van der Waals surface area contributed by atoms with Crippen LogP contribution in [0.25, 0.3) is 11.1 Å². The second kappa shape index (κ2) is 4.78. The van der Waals surface area contributed by atoms with Crippen LogP contribution in [0.4, 0.5) is 10.5 Å². The summed E-state index contributed by atoms with van der Waals surface area (Å²) < 4.78 is 0. The fourth-order valence-corrected chi connectivity index (χ4v) is 3.15. The first-order valence-corrected chi connectivity index (χ1v) is 7.56. The van der Waals surface area contributed by atoms with Gasteiger partial charge in [0.15, 0.2) is 0 Å². The van der Waals surface area contributed by atoms with Gasteiger partial charge in [0, 0.05) is 10.7 Å². The summed E-state index contributed by atoms with van der Waals surface area (Å²) >= 11 is 6.08. The van der Waals surface area contributed by atoms with E-state index in [1.165, 1.54) is 18.4 Å². The van der Waals surface area contributed by atoms with Gasteiger partial charge in [-0.05, 0) is 59.7 Å². The molecule has 1 fully saturated rings. The van der Waals surface area contributed by atoms with E-state index in [0.29, 0.717) is 5.92 Å². The molecule has 1 aliphatic heterocycles. The number of amides is 2. The number of nitrogens with one attached hydrogen (secondary N) is 2. The molecule has 2 N–H and O–H groups in total. The van der Waals surface area contributed by atoms with Crippen LogP contribution < -0.4 is 10.6 Å². The van der Waals surface area contributed by atoms with E-state index in [1.54, 1.807) is 0 Å². The van der Waals surface area contributed by atoms with Crippen molar-refractivity contribution in [2.24, 2.45) is 5.92 Å². The SMILES string of the molecule is O=C1Nc2ccc(-c3cccc(Cl)c3)cc2C(C2CC2)N1. The van der Waals surface area contributed by atoms with Gasteiger partial charge in [0.25, 0.3) is 0 Å². The van der Waals surface area contributed by atoms with Gasteiger partial charge in [-0.15, -0.1) is 0 Å². The molecule has 0 saturated heterocycles. The number of halogens is 1. The van der Waals surface area contributed by atoms with Crippen LogP contribution >= 0.6 is 11.6 Å². The molecule has 1 unspecified atom stereocenters. The fraction of sp³-hybridized carbons (Fsp3) is 0.235. The van der Waals surface area contributed by atoms with Crippen LogP contribution in [0.15, 0.2) is 42.5 Å². The van der Waals surface area contributed by atoms with E-state index in [2.05, 4.69) is 22.8 Å². The first-order valence-electron chi connectivity index (χ1n) is 7.18. The third-order valence-corrected chi connectivity index (χ3v) is 4.41. The molecule has 0 bridgehead atoms. The van der Waals surface area contributed by atoms with Crippen LogP contribution in [-0.4, -0.2) is 6.03 Å². The van der Waals surface area contributed by atoms with Crippen LogP contribution in [0.5, 0.6) is 0 Å². The molecular weight excluding hydrogens is 284 g/mol. The second-order valence-corrected chi connectivity index (χ2v) is 6.16. The van der Waals surface area contributed by atoms with Crippen molar-refractivity contribution in [1.29, 1.82) is 0 Å². The van der Waals surface area contributed by atoms with Crippen molar-refractivity contribution in [2.45, 2.75) is 18.9 Å². The number of carbonyl (C=O) groups is 1. The molecule has 21 heavy (non-hydrogen) atoms. The normalized spacial score (nSPS) is 20.4. The third-order valence-electron chi connectivity index (χ3n) is 4.17. The molecule has 0 spiro atoms. The average Bonchev–Trinajstić information content (AvgIpc) is 3.30. The minimum absolute atomic E-state index is 0.102. The number of urea groups is 1. The van der Waals surface area contributed by atoms with Crippen molar-refractivity contribution >= 4 is 23.3 Å². The summed E-state index contributed by atoms with van der Waals surface area (Å²) in [6.45, 7) is 0. The largest absolute Gasteiger partial charge is 0.331 e. The third kappa shape index (κ3) is 2.38. The van der Waals surface area contributed by atoms with Crippen LogP contribution in [0.1, 0.15) is 24.4 Å². The zero-order valence-corrected chi connectivity index (χ0v) is 12.2. The topological polar surface area (TPSA) is 41.1 Å². The molecule has 1 heterocycles. The van der Waals surface area contributed by atoms with E-state index in [4.69, 9.17) is 11.6 Å². The monoisotopic (exact) mass is 298 g/mol. The Morgan fingerprint density at radius 2 is 1.86 bits per heavy atom. The molecule has 2 aromatic rings. The molecular formula is C17H15ClN2O. The zero-order valence-electron chi connectivity index (χ0n) is 11.4. The van der Waals surface area contributed by atoms with Crippen molar-refractivity contribution in [2.75, 3.05) is 5.32 Å². The maximum absolute atomic E-state index is 11.7. The van der Waals surface area contributed by atoms with Gasteiger partial charge < -0.3 is 10.6 Å². The maximum Gasteiger partial charge on any atom is 0.319 e. The van der Waals surface area contributed by atoms with E-state index in [-0.39, 0.29) is 12.1 Å². The number of hydrogen-bond donors (Lipinski definition) is 2. The molecule has 2 amide bonds. The van der Waals surface area contributed by atoms with Gasteiger partial charge >= 0.3 is 6.03 Å². The van der Waals surface area contributed by atoms with Crippen molar-refractivity contribution in [3.05, 3.63) is 53.1 Å². The van der Waals surface area contributed by atoms with Gasteiger partial charge in [0.05, 0.1) is 6.04 Å². The molecule has 1 aliphatic carbocycles. The van der Waals surface area contributed by atoms with E-state index in [0.717, 1.165) is 21.8 Å². The predicted molar refractivity (Wildman–Crippen MR) is 84.5 cm³/mol. The van der Waals surface area contributed by atoms with Crippen LogP contribution in [0, 0.1) is 5.92 Å². The van der Waals surface area contributed by atoms with Crippen molar-refractivity contribution < 1.29 is 4.79 Å². The summed E-state index contributed by atoms with van der Waals surface area (Å²) in [6.07, 6.45) is 2.37. The lowest BCUT2D eigenvalue weighted by molar-refractivity contribution is 0.245. The lowest BCUT2D eigenvalue weighted by Crippen LogP contribution is -2.38. The number of carbonyl (C=O) groups excluding carboxylic acids is 1. The Balaban J connectivity index is 1.79. The summed E-state index contributed by atoms with van der Waals surface area (Å²) in [4.78, 5) is 11.7. The molecule has 106 valence electrons. The Morgan fingerprint density at radius 3 is 2.62 bits per heavy atom. The summed E-state index contributed by atoms with van der Waals surface area (Å²) in [5.41, 5.74) is 4.31. The van der Waals surface area contributed by atoms with Crippen LogP contribution in [0.3, 0.4) is 0 Å². The summed E-state index contributed by atoms with van der Waals surface area (Å²) in [5, 5.41) is 6.67. The summed E-state index contributed by atoms with van der Waals surface area (Å²) in [6, 6.07) is 14.0. The van der Waals surface area contributed by atoms with Gasteiger partial charge in [-0.25, -0.2) is 4.79 Å². The first kappa shape index (κ1) is 12.7. The van der Waals surface area contributed by atoms with Gasteiger partial charge in [-0.3, -0.25) is 0 Å². The molecule has 4 rings (SSSR count). The van der Waals surface area contributed by atoms with E-state index < -0.39 is 0 Å². The molecule has 4 heteroatoms. The minimum Gasteiger partial charge on any atom is -0.331 e. The Bertz CT molecular complexity index is 724. The van der Waals surface area contributed by atoms with Crippen LogP contribution in [0.2, 0.25) is 5.02 Å². The highest BCUT2D eigenvalue weighted by Crippen LogP contribution is 2.45. The molecule has 1 atom stereocenters. The van der Waals surface area contributed by atoms with E-state index >= 15 is 0 Å². The zero-order chi connectivity index (χ0) is 14.4. The smallest absolute Gasteiger partial charge is 0.319 e. The maximum atomic E-state index is 11.7. The van der Waals surface area contributed by atoms with Crippen molar-refractivity contribution in [3.8, 4) is 11.1 Å². The van der Waals surface area contributed by atoms with Gasteiger partial charge in [-0.1, -0.05) is 29.8 Å². The van der Waals surface area contributed by atoms with Gasteiger partial charge in [0.2, 0.25) is 0 Å². The molecule has 0 aromatic heterocycles. The predicted octanol–water partition coefficient (Wildman–Crippen LogP) is 4.59. The summed E-state index contributed by atoms with van der Waals surface area (Å²) in [5.74, 6) is 0.574. The molecule has 3 nitrogen and oxygen atoms in total. The number of benzene rings is 2. The number of fused-ring (bicyclic) bond motifs is 1. The quantitative estimate of drug-likeness (QED) is 0.836. The van der Waals surface area contributed by atoms with Crippen molar-refractivity contribution in [3.63, 3.8) is 0 Å². The second-order valence-electron chi connectivity index (χ2n) is 5.73. The fourth-order valence-electron chi connectivity index (χ4n) is 2.96. The van der Waals surface area contributed by atoms with Gasteiger partial charge in [-0.2, -0.15) is 0 Å². The first-order chi connectivity index (χ1) is 10.2. The number of rotatable bonds is 2. The van der Waals surface area contributed by atoms with Gasteiger partial charge in [0.1, 0.15) is 0 Å². The summed E-state index contributed by atoms with van der Waals surface area (Å²) in [7, 11) is 0. The molecule has 2 aliphatic rings. The Kier molecular flexibility index (Phi) is 2.89. The van der Waals surface area contributed by atoms with Crippen molar-refractivity contribution in [1.82, 2.24) is 5.32 Å². The Morgan fingerprint density at radius 1 is 1.05 bits per heavy atom. The average molecular weight is 299 g/mol. The highest BCUT2D eigenvalue weighted by Gasteiger charge is 2.37. The Labute approximate surface area is 128 Å². The molecule has 1 saturated carbocycles. The lowest BCUT2D eigenvalue weighted by atomic mass is 9.94. The number of hydrogen-bond acceptors (Lipinski definition) is 1. The molecule has 0 radical (unpaired) electrons. The number of anilines is 1. The minimum atomic E-state index is -0.102. The van der Waals surface area contributed by atoms with E-state index in [9.17, 15) is 4.79 Å². The molecule has 2 aromatic carbocycles. The standard InChI is InChI=1S/C17H15ClN2O/c18-13-3-1-2-11(8-13)12-6-7-15-14(9-12)16(10-4-5-10)20-17(21)19-15/h1-3,6-10,16H,4-5H2,(H2,19,20,21).